The summed E-state index contributed by atoms with van der Waals surface area (Å²) in [6.45, 7) is 9.72. The summed E-state index contributed by atoms with van der Waals surface area (Å²) in [7, 11) is 0. The van der Waals surface area contributed by atoms with E-state index in [4.69, 9.17) is 15.8 Å². The second-order valence-electron chi connectivity index (χ2n) is 8.07. The maximum atomic E-state index is 13.3. The fourth-order valence-corrected chi connectivity index (χ4v) is 2.71. The van der Waals surface area contributed by atoms with Gasteiger partial charge in [-0.15, -0.1) is 0 Å². The molecular weight excluding hydrogens is 472 g/mol. The van der Waals surface area contributed by atoms with Gasteiger partial charge in [-0.25, -0.2) is 9.64 Å². The topological polar surface area (TPSA) is 84.9 Å². The predicted octanol–water partition coefficient (Wildman–Crippen LogP) is 5.28. The third-order valence-electron chi connectivity index (χ3n) is 3.99. The number of amides is 1. The summed E-state index contributed by atoms with van der Waals surface area (Å²) in [5, 5.41) is 6.01. The Bertz CT molecular complexity index is 1040. The SMILES string of the molecule is [C-]#[N+]c1ccc(N(Cc2noc(CCNC(=O)OC(C)(C)C)n2)CC(F)(F)F)cc1C(F)(F)F. The molecule has 2 rings (SSSR count). The van der Waals surface area contributed by atoms with Crippen molar-refractivity contribution >= 4 is 17.5 Å². The zero-order chi connectivity index (χ0) is 25.7. The number of nitrogens with zero attached hydrogens (tertiary/aromatic N) is 4. The molecule has 14 heteroatoms. The Morgan fingerprint density at radius 2 is 1.88 bits per heavy atom. The molecular formula is C20H21F6N5O3. The van der Waals surface area contributed by atoms with Crippen LogP contribution in [-0.2, 0) is 23.9 Å². The number of benzene rings is 1. The molecule has 0 fully saturated rings. The first-order valence-corrected chi connectivity index (χ1v) is 9.76. The average molecular weight is 493 g/mol. The van der Waals surface area contributed by atoms with Crippen LogP contribution in [0.15, 0.2) is 22.7 Å². The summed E-state index contributed by atoms with van der Waals surface area (Å²) in [5.74, 6) is -0.211. The Kier molecular flexibility index (Phi) is 8.01. The molecule has 2 aromatic rings. The summed E-state index contributed by atoms with van der Waals surface area (Å²) in [6, 6.07) is 2.27. The highest BCUT2D eigenvalue weighted by Crippen LogP contribution is 2.39. The first-order valence-electron chi connectivity index (χ1n) is 9.76. The quantitative estimate of drug-likeness (QED) is 0.418. The zero-order valence-electron chi connectivity index (χ0n) is 18.3. The van der Waals surface area contributed by atoms with Crippen LogP contribution in [0.5, 0.6) is 0 Å². The highest BCUT2D eigenvalue weighted by molar-refractivity contribution is 5.67. The van der Waals surface area contributed by atoms with E-state index in [0.29, 0.717) is 11.0 Å². The van der Waals surface area contributed by atoms with Crippen LogP contribution in [0.25, 0.3) is 4.85 Å². The molecule has 0 aliphatic rings. The van der Waals surface area contributed by atoms with Crippen LogP contribution < -0.4 is 10.2 Å². The van der Waals surface area contributed by atoms with Crippen LogP contribution in [0.1, 0.15) is 38.0 Å². The molecule has 1 amide bonds. The molecule has 0 aliphatic carbocycles. The molecule has 0 saturated heterocycles. The van der Waals surface area contributed by atoms with E-state index in [-0.39, 0.29) is 24.7 Å². The van der Waals surface area contributed by atoms with Gasteiger partial charge in [-0.1, -0.05) is 11.2 Å². The van der Waals surface area contributed by atoms with Crippen molar-refractivity contribution in [3.05, 3.63) is 46.9 Å². The third-order valence-corrected chi connectivity index (χ3v) is 3.99. The molecule has 34 heavy (non-hydrogen) atoms. The minimum atomic E-state index is -4.93. The Morgan fingerprint density at radius 3 is 2.44 bits per heavy atom. The number of hydrogen-bond acceptors (Lipinski definition) is 6. The largest absolute Gasteiger partial charge is 0.444 e. The molecule has 8 nitrogen and oxygen atoms in total. The molecule has 1 aromatic heterocycles. The summed E-state index contributed by atoms with van der Waals surface area (Å²) >= 11 is 0. The molecule has 0 radical (unpaired) electrons. The van der Waals surface area contributed by atoms with E-state index in [1.165, 1.54) is 0 Å². The molecule has 186 valence electrons. The molecule has 0 unspecified atom stereocenters. The number of carbonyl (C=O) groups is 1. The van der Waals surface area contributed by atoms with Gasteiger partial charge in [0.05, 0.1) is 18.7 Å². The summed E-state index contributed by atoms with van der Waals surface area (Å²) in [4.78, 5) is 18.9. The van der Waals surface area contributed by atoms with Gasteiger partial charge in [-0.2, -0.15) is 31.3 Å². The van der Waals surface area contributed by atoms with Crippen molar-refractivity contribution in [2.24, 2.45) is 0 Å². The van der Waals surface area contributed by atoms with E-state index >= 15 is 0 Å². The van der Waals surface area contributed by atoms with Gasteiger partial charge in [0.2, 0.25) is 5.89 Å². The van der Waals surface area contributed by atoms with Crippen molar-refractivity contribution in [2.45, 2.75) is 51.7 Å². The highest BCUT2D eigenvalue weighted by Gasteiger charge is 2.36. The minimum absolute atomic E-state index is 0.00245. The number of rotatable bonds is 7. The first-order chi connectivity index (χ1) is 15.6. The number of ether oxygens (including phenoxy) is 1. The lowest BCUT2D eigenvalue weighted by Gasteiger charge is -2.25. The van der Waals surface area contributed by atoms with Gasteiger partial charge in [-0.05, 0) is 32.9 Å². The average Bonchev–Trinajstić information content (AvgIpc) is 3.11. The summed E-state index contributed by atoms with van der Waals surface area (Å²) in [6.07, 6.45) is -10.3. The van der Waals surface area contributed by atoms with E-state index in [9.17, 15) is 31.1 Å². The Labute approximate surface area is 190 Å². The van der Waals surface area contributed by atoms with Gasteiger partial charge in [-0.3, -0.25) is 0 Å². The van der Waals surface area contributed by atoms with Crippen LogP contribution in [-0.4, -0.2) is 41.1 Å². The lowest BCUT2D eigenvalue weighted by atomic mass is 10.1. The maximum absolute atomic E-state index is 13.3. The van der Waals surface area contributed by atoms with Gasteiger partial charge in [0.1, 0.15) is 12.1 Å². The Morgan fingerprint density at radius 1 is 1.21 bits per heavy atom. The highest BCUT2D eigenvalue weighted by atomic mass is 19.4. The number of carbonyl (C=O) groups excluding carboxylic acids is 1. The number of aromatic nitrogens is 2. The van der Waals surface area contributed by atoms with Gasteiger partial charge in [0.25, 0.3) is 0 Å². The molecule has 1 heterocycles. The Balaban J connectivity index is 2.16. The smallest absolute Gasteiger partial charge is 0.407 e. The lowest BCUT2D eigenvalue weighted by Crippen LogP contribution is -2.34. The molecule has 0 saturated carbocycles. The number of alkyl halides is 6. The molecule has 0 bridgehead atoms. The molecule has 1 aromatic carbocycles. The van der Waals surface area contributed by atoms with Gasteiger partial charge in [0.15, 0.2) is 11.5 Å². The number of nitrogens with one attached hydrogen (secondary N) is 1. The number of hydrogen-bond donors (Lipinski definition) is 1. The standard InChI is InChI=1S/C20H21F6N5O3/c1-18(2,3)33-17(32)28-8-7-16-29-15(30-34-16)10-31(11-19(21,22)23)12-5-6-14(27-4)13(9-12)20(24,25)26/h5-6,9H,7-8,10-11H2,1-3H3,(H,28,32). The first kappa shape index (κ1) is 26.7. The van der Waals surface area contributed by atoms with Gasteiger partial charge >= 0.3 is 18.4 Å². The summed E-state index contributed by atoms with van der Waals surface area (Å²) in [5.41, 5.74) is -3.21. The van der Waals surface area contributed by atoms with Crippen LogP contribution >= 0.6 is 0 Å². The second-order valence-corrected chi connectivity index (χ2v) is 8.07. The monoisotopic (exact) mass is 493 g/mol. The summed E-state index contributed by atoms with van der Waals surface area (Å²) < 4.78 is 89.1. The fraction of sp³-hybridized carbons (Fsp3) is 0.500. The molecule has 0 aliphatic heterocycles. The van der Waals surface area contributed by atoms with E-state index in [0.717, 1.165) is 12.1 Å². The zero-order valence-corrected chi connectivity index (χ0v) is 18.3. The van der Waals surface area contributed by atoms with Crippen LogP contribution in [0.2, 0.25) is 0 Å². The van der Waals surface area contributed by atoms with Crippen molar-refractivity contribution < 1.29 is 40.4 Å². The Hall–Kier alpha value is -3.50. The third kappa shape index (κ3) is 8.45. The van der Waals surface area contributed by atoms with Crippen molar-refractivity contribution in [2.75, 3.05) is 18.0 Å². The van der Waals surface area contributed by atoms with Crippen molar-refractivity contribution in [1.29, 1.82) is 0 Å². The van der Waals surface area contributed by atoms with Gasteiger partial charge < -0.3 is 19.5 Å². The number of halogens is 6. The van der Waals surface area contributed by atoms with Crippen LogP contribution in [0, 0.1) is 6.57 Å². The normalized spacial score (nSPS) is 12.2. The fourth-order valence-electron chi connectivity index (χ4n) is 2.71. The predicted molar refractivity (Wildman–Crippen MR) is 107 cm³/mol. The number of anilines is 1. The van der Waals surface area contributed by atoms with E-state index < -0.39 is 54.1 Å². The number of alkyl carbamates (subject to hydrolysis) is 1. The van der Waals surface area contributed by atoms with Gasteiger partial charge in [0, 0.05) is 18.7 Å². The van der Waals surface area contributed by atoms with Crippen molar-refractivity contribution in [1.82, 2.24) is 15.5 Å². The molecule has 0 spiro atoms. The van der Waals surface area contributed by atoms with E-state index in [2.05, 4.69) is 20.3 Å². The van der Waals surface area contributed by atoms with Crippen molar-refractivity contribution in [3.63, 3.8) is 0 Å². The van der Waals surface area contributed by atoms with E-state index in [1.807, 2.05) is 0 Å². The lowest BCUT2D eigenvalue weighted by molar-refractivity contribution is -0.136. The van der Waals surface area contributed by atoms with Crippen molar-refractivity contribution in [3.8, 4) is 0 Å². The molecule has 1 N–H and O–H groups in total. The van der Waals surface area contributed by atoms with E-state index in [1.54, 1.807) is 20.8 Å². The minimum Gasteiger partial charge on any atom is -0.444 e. The maximum Gasteiger partial charge on any atom is 0.407 e. The van der Waals surface area contributed by atoms with Crippen LogP contribution in [0.4, 0.5) is 42.5 Å². The second kappa shape index (κ2) is 10.2. The van der Waals surface area contributed by atoms with Crippen LogP contribution in [0.3, 0.4) is 0 Å². The molecule has 0 atom stereocenters.